The Bertz CT molecular complexity index is 1030. The molecule has 0 saturated heterocycles. The lowest BCUT2D eigenvalue weighted by Gasteiger charge is -2.71. The van der Waals surface area contributed by atoms with E-state index in [4.69, 9.17) is 4.74 Å². The first-order valence-electron chi connectivity index (χ1n) is 11.8. The summed E-state index contributed by atoms with van der Waals surface area (Å²) < 4.78 is 34.3. The van der Waals surface area contributed by atoms with Crippen molar-refractivity contribution in [2.75, 3.05) is 7.11 Å². The van der Waals surface area contributed by atoms with Crippen molar-refractivity contribution in [3.8, 4) is 5.88 Å². The maximum absolute atomic E-state index is 13.6. The number of hydrogen-bond acceptors (Lipinski definition) is 4. The van der Waals surface area contributed by atoms with Crippen molar-refractivity contribution in [1.82, 2.24) is 14.8 Å². The third-order valence-corrected chi connectivity index (χ3v) is 7.53. The van der Waals surface area contributed by atoms with Crippen LogP contribution in [0.25, 0.3) is 0 Å². The van der Waals surface area contributed by atoms with E-state index in [0.29, 0.717) is 35.1 Å². The largest absolute Gasteiger partial charge is 0.480 e. The summed E-state index contributed by atoms with van der Waals surface area (Å²) in [6.45, 7) is 0.972. The summed E-state index contributed by atoms with van der Waals surface area (Å²) in [6, 6.07) is 4.88. The van der Waals surface area contributed by atoms with Gasteiger partial charge in [0.15, 0.2) is 0 Å². The van der Waals surface area contributed by atoms with Crippen LogP contribution in [0.3, 0.4) is 0 Å². The lowest BCUT2D eigenvalue weighted by Crippen LogP contribution is -2.63. The van der Waals surface area contributed by atoms with Crippen LogP contribution in [0.2, 0.25) is 0 Å². The lowest BCUT2D eigenvalue weighted by atomic mass is 9.34. The van der Waals surface area contributed by atoms with Crippen LogP contribution in [0, 0.1) is 22.5 Å². The number of aromatic nitrogens is 2. The molecule has 2 heterocycles. The van der Waals surface area contributed by atoms with Gasteiger partial charge in [-0.1, -0.05) is 12.8 Å². The number of benzene rings is 1. The van der Waals surface area contributed by atoms with Crippen molar-refractivity contribution >= 4 is 12.1 Å². The monoisotopic (exact) mass is 456 g/mol. The Morgan fingerprint density at radius 1 is 1.12 bits per heavy atom. The van der Waals surface area contributed by atoms with Crippen molar-refractivity contribution in [2.45, 2.75) is 70.4 Å². The number of hydrazone groups is 1. The van der Waals surface area contributed by atoms with Crippen LogP contribution in [0.1, 0.15) is 69.4 Å². The number of rotatable bonds is 10. The van der Waals surface area contributed by atoms with Crippen molar-refractivity contribution in [2.24, 2.45) is 15.9 Å². The molecular formula is C25H30F2N4O2. The maximum Gasteiger partial charge on any atom is 0.243 e. The predicted octanol–water partition coefficient (Wildman–Crippen LogP) is 5.25. The zero-order valence-electron chi connectivity index (χ0n) is 19.0. The Morgan fingerprint density at radius 2 is 1.88 bits per heavy atom. The number of methoxy groups -OCH3 is 1. The topological polar surface area (TPSA) is 59.7 Å². The average Bonchev–Trinajstić information content (AvgIpc) is 3.39. The van der Waals surface area contributed by atoms with Gasteiger partial charge in [0, 0.05) is 43.9 Å². The van der Waals surface area contributed by atoms with E-state index in [1.807, 2.05) is 16.9 Å². The van der Waals surface area contributed by atoms with E-state index in [-0.39, 0.29) is 5.91 Å². The molecule has 6 nitrogen and oxygen atoms in total. The van der Waals surface area contributed by atoms with Gasteiger partial charge in [-0.15, -0.1) is 5.10 Å². The first-order valence-corrected chi connectivity index (χ1v) is 11.8. The Kier molecular flexibility index (Phi) is 5.70. The number of carbonyl (C=O) groups is 1. The average molecular weight is 457 g/mol. The maximum atomic E-state index is 13.6. The SMILES string of the molecule is COc1ccn(CC23CC(CCCCCC(=O)N4N=CCC4c4cc(F)cc(F)c4)(C2)C3)n1. The molecule has 1 aromatic carbocycles. The molecule has 1 aromatic heterocycles. The summed E-state index contributed by atoms with van der Waals surface area (Å²) in [5, 5.41) is 9.98. The molecule has 8 heteroatoms. The van der Waals surface area contributed by atoms with E-state index in [1.54, 1.807) is 13.3 Å². The molecular weight excluding hydrogens is 426 g/mol. The van der Waals surface area contributed by atoms with Gasteiger partial charge in [-0.25, -0.2) is 13.8 Å². The van der Waals surface area contributed by atoms with Gasteiger partial charge < -0.3 is 4.74 Å². The molecule has 3 aliphatic carbocycles. The standard InChI is InChI=1S/C25H30F2N4O2/c1-33-22-7-10-30(29-22)17-25-14-24(15-25,16-25)8-4-2-3-5-23(32)31-21(6-9-28-31)18-11-19(26)13-20(27)12-18/h7,9-13,21H,2-6,8,14-17H2,1H3. The highest BCUT2D eigenvalue weighted by Gasteiger charge is 2.66. The Morgan fingerprint density at radius 3 is 2.58 bits per heavy atom. The smallest absolute Gasteiger partial charge is 0.243 e. The second kappa shape index (κ2) is 8.54. The van der Waals surface area contributed by atoms with E-state index >= 15 is 0 Å². The highest BCUT2D eigenvalue weighted by atomic mass is 19.1. The van der Waals surface area contributed by atoms with Crippen molar-refractivity contribution in [1.29, 1.82) is 0 Å². The molecule has 4 aliphatic rings. The number of amides is 1. The predicted molar refractivity (Wildman–Crippen MR) is 120 cm³/mol. The van der Waals surface area contributed by atoms with Crippen molar-refractivity contribution in [3.63, 3.8) is 0 Å². The van der Waals surface area contributed by atoms with E-state index in [1.165, 1.54) is 42.8 Å². The van der Waals surface area contributed by atoms with Gasteiger partial charge in [0.1, 0.15) is 11.6 Å². The molecule has 33 heavy (non-hydrogen) atoms. The van der Waals surface area contributed by atoms with Crippen LogP contribution < -0.4 is 4.74 Å². The van der Waals surface area contributed by atoms with Crippen molar-refractivity contribution in [3.05, 3.63) is 47.7 Å². The minimum atomic E-state index is -0.635. The number of carbonyl (C=O) groups excluding carboxylic acids is 1. The van der Waals surface area contributed by atoms with Crippen LogP contribution in [-0.2, 0) is 11.3 Å². The molecule has 1 aliphatic heterocycles. The van der Waals surface area contributed by atoms with Crippen LogP contribution in [0.5, 0.6) is 5.88 Å². The van der Waals surface area contributed by atoms with Crippen molar-refractivity contribution < 1.29 is 18.3 Å². The molecule has 2 aromatic rings. The van der Waals surface area contributed by atoms with E-state index in [2.05, 4.69) is 10.2 Å². The normalized spacial score (nSPS) is 27.4. The van der Waals surface area contributed by atoms with Crippen LogP contribution in [0.15, 0.2) is 35.6 Å². The number of halogens is 2. The quantitative estimate of drug-likeness (QED) is 0.459. The molecule has 3 saturated carbocycles. The van der Waals surface area contributed by atoms with Gasteiger partial charge in [-0.3, -0.25) is 9.48 Å². The molecule has 1 amide bonds. The van der Waals surface area contributed by atoms with E-state index in [9.17, 15) is 13.6 Å². The fourth-order valence-electron chi connectivity index (χ4n) is 6.31. The highest BCUT2D eigenvalue weighted by Crippen LogP contribution is 2.75. The van der Waals surface area contributed by atoms with Gasteiger partial charge in [0.25, 0.3) is 0 Å². The summed E-state index contributed by atoms with van der Waals surface area (Å²) in [6.07, 6.45) is 12.5. The molecule has 2 bridgehead atoms. The highest BCUT2D eigenvalue weighted by molar-refractivity contribution is 5.79. The molecule has 6 rings (SSSR count). The van der Waals surface area contributed by atoms with Crippen LogP contribution >= 0.6 is 0 Å². The zero-order chi connectivity index (χ0) is 23.1. The van der Waals surface area contributed by atoms with Gasteiger partial charge in [0.2, 0.25) is 11.8 Å². The molecule has 0 spiro atoms. The third kappa shape index (κ3) is 4.39. The minimum absolute atomic E-state index is 0.0856. The lowest BCUT2D eigenvalue weighted by molar-refractivity contribution is -0.217. The summed E-state index contributed by atoms with van der Waals surface area (Å²) in [5.41, 5.74) is 1.38. The Balaban J connectivity index is 1.02. The molecule has 3 fully saturated rings. The van der Waals surface area contributed by atoms with E-state index in [0.717, 1.165) is 31.9 Å². The first-order chi connectivity index (χ1) is 15.9. The fourth-order valence-corrected chi connectivity index (χ4v) is 6.31. The Hall–Kier alpha value is -2.77. The van der Waals surface area contributed by atoms with E-state index < -0.39 is 17.7 Å². The van der Waals surface area contributed by atoms with Crippen LogP contribution in [0.4, 0.5) is 8.78 Å². The van der Waals surface area contributed by atoms with Gasteiger partial charge in [-0.2, -0.15) is 5.10 Å². The van der Waals surface area contributed by atoms with Gasteiger partial charge in [-0.05, 0) is 60.6 Å². The summed E-state index contributed by atoms with van der Waals surface area (Å²) >= 11 is 0. The summed E-state index contributed by atoms with van der Waals surface area (Å²) in [4.78, 5) is 12.7. The Labute approximate surface area is 192 Å². The van der Waals surface area contributed by atoms with Crippen LogP contribution in [-0.4, -0.2) is 34.0 Å². The minimum Gasteiger partial charge on any atom is -0.480 e. The molecule has 0 N–H and O–H groups in total. The summed E-state index contributed by atoms with van der Waals surface area (Å²) in [5.74, 6) is -0.689. The fraction of sp³-hybridized carbons (Fsp3) is 0.560. The van der Waals surface area contributed by atoms with Gasteiger partial charge in [0.05, 0.1) is 13.2 Å². The second-order valence-electron chi connectivity index (χ2n) is 10.1. The molecule has 176 valence electrons. The molecule has 0 radical (unpaired) electrons. The zero-order valence-corrected chi connectivity index (χ0v) is 19.0. The first kappa shape index (κ1) is 22.0. The second-order valence-corrected chi connectivity index (χ2v) is 10.1. The number of hydrogen-bond donors (Lipinski definition) is 0. The molecule has 1 atom stereocenters. The number of ether oxygens (including phenoxy) is 1. The third-order valence-electron chi connectivity index (χ3n) is 7.53. The summed E-state index contributed by atoms with van der Waals surface area (Å²) in [7, 11) is 1.64. The van der Waals surface area contributed by atoms with Gasteiger partial charge >= 0.3 is 0 Å². The molecule has 1 unspecified atom stereocenters. The number of nitrogens with zero attached hydrogens (tertiary/aromatic N) is 4. The number of unbranched alkanes of at least 4 members (excludes halogenated alkanes) is 2.